The molecule has 0 radical (unpaired) electrons. The van der Waals surface area contributed by atoms with Gasteiger partial charge in [-0.3, -0.25) is 0 Å². The van der Waals surface area contributed by atoms with Crippen LogP contribution in [0.2, 0.25) is 0 Å². The second-order valence-electron chi connectivity index (χ2n) is 4.19. The Balaban J connectivity index is 2.55. The van der Waals surface area contributed by atoms with E-state index in [1.54, 1.807) is 0 Å². The number of hydrogen-bond donors (Lipinski definition) is 0. The second-order valence-corrected chi connectivity index (χ2v) is 5.10. The van der Waals surface area contributed by atoms with E-state index in [4.69, 9.17) is 0 Å². The third-order valence-electron chi connectivity index (χ3n) is 2.82. The molecule has 0 spiro atoms. The zero-order chi connectivity index (χ0) is 8.77. The van der Waals surface area contributed by atoms with Crippen molar-refractivity contribution >= 4 is 15.9 Å². The van der Waals surface area contributed by atoms with Crippen LogP contribution in [0.25, 0.3) is 0 Å². The van der Waals surface area contributed by atoms with Gasteiger partial charge in [-0.2, -0.15) is 0 Å². The van der Waals surface area contributed by atoms with Crippen LogP contribution in [0, 0.1) is 0 Å². The van der Waals surface area contributed by atoms with E-state index in [9.17, 15) is 0 Å². The lowest BCUT2D eigenvalue weighted by Gasteiger charge is -2.18. The molecule has 1 aromatic carbocycles. The van der Waals surface area contributed by atoms with Crippen LogP contribution in [0.4, 0.5) is 0 Å². The molecule has 0 amide bonds. The van der Waals surface area contributed by atoms with Gasteiger partial charge < -0.3 is 0 Å². The third-order valence-corrected chi connectivity index (χ3v) is 3.31. The fourth-order valence-corrected chi connectivity index (χ4v) is 2.42. The van der Waals surface area contributed by atoms with E-state index in [1.165, 1.54) is 28.4 Å². The lowest BCUT2D eigenvalue weighted by Crippen LogP contribution is -2.11. The molecule has 1 aliphatic rings. The molecule has 1 heteroatoms. The lowest BCUT2D eigenvalue weighted by atomic mass is 9.87. The van der Waals surface area contributed by atoms with E-state index in [-0.39, 0.29) is 0 Å². The number of aryl methyl sites for hydroxylation is 1. The van der Waals surface area contributed by atoms with Gasteiger partial charge in [0.2, 0.25) is 0 Å². The second kappa shape index (κ2) is 2.59. The summed E-state index contributed by atoms with van der Waals surface area (Å²) in [6.07, 6.45) is 2.53. The van der Waals surface area contributed by atoms with Gasteiger partial charge in [0.1, 0.15) is 0 Å². The van der Waals surface area contributed by atoms with E-state index < -0.39 is 0 Å². The highest BCUT2D eigenvalue weighted by Crippen LogP contribution is 2.38. The van der Waals surface area contributed by atoms with Crippen LogP contribution < -0.4 is 0 Å². The largest absolute Gasteiger partial charge is 0.0571 e. The molecule has 0 nitrogen and oxygen atoms in total. The Labute approximate surface area is 82.1 Å². The van der Waals surface area contributed by atoms with E-state index >= 15 is 0 Å². The fourth-order valence-electron chi connectivity index (χ4n) is 2.01. The van der Waals surface area contributed by atoms with Crippen LogP contribution in [0.1, 0.15) is 31.4 Å². The van der Waals surface area contributed by atoms with Gasteiger partial charge in [-0.05, 0) is 41.5 Å². The quantitative estimate of drug-likeness (QED) is 0.631. The molecular formula is C11H13Br. The van der Waals surface area contributed by atoms with E-state index in [0.29, 0.717) is 5.41 Å². The Morgan fingerprint density at radius 2 is 2.08 bits per heavy atom. The van der Waals surface area contributed by atoms with Gasteiger partial charge in [0.25, 0.3) is 0 Å². The van der Waals surface area contributed by atoms with Crippen molar-refractivity contribution in [3.63, 3.8) is 0 Å². The van der Waals surface area contributed by atoms with E-state index in [2.05, 4.69) is 48.0 Å². The molecule has 0 N–H and O–H groups in total. The van der Waals surface area contributed by atoms with Gasteiger partial charge in [0, 0.05) is 4.47 Å². The van der Waals surface area contributed by atoms with Gasteiger partial charge in [-0.25, -0.2) is 0 Å². The Kier molecular flexibility index (Phi) is 1.80. The summed E-state index contributed by atoms with van der Waals surface area (Å²) in [6, 6.07) is 6.66. The van der Waals surface area contributed by atoms with Crippen LogP contribution in [0.5, 0.6) is 0 Å². The lowest BCUT2D eigenvalue weighted by molar-refractivity contribution is 0.522. The topological polar surface area (TPSA) is 0 Å². The molecule has 0 fully saturated rings. The zero-order valence-corrected chi connectivity index (χ0v) is 9.11. The maximum atomic E-state index is 3.50. The third kappa shape index (κ3) is 1.20. The van der Waals surface area contributed by atoms with Crippen molar-refractivity contribution in [1.82, 2.24) is 0 Å². The average molecular weight is 225 g/mol. The normalized spacial score (nSPS) is 19.2. The van der Waals surface area contributed by atoms with Gasteiger partial charge in [0.05, 0.1) is 0 Å². The summed E-state index contributed by atoms with van der Waals surface area (Å²) in [5.74, 6) is 0. The van der Waals surface area contributed by atoms with Crippen LogP contribution in [0.3, 0.4) is 0 Å². The first-order valence-electron chi connectivity index (χ1n) is 4.38. The van der Waals surface area contributed by atoms with Crippen LogP contribution in [-0.2, 0) is 11.8 Å². The highest BCUT2D eigenvalue weighted by atomic mass is 79.9. The molecule has 2 rings (SSSR count). The average Bonchev–Trinajstić information content (AvgIpc) is 2.27. The van der Waals surface area contributed by atoms with Gasteiger partial charge in [0.15, 0.2) is 0 Å². The van der Waals surface area contributed by atoms with E-state index in [0.717, 1.165) is 0 Å². The summed E-state index contributed by atoms with van der Waals surface area (Å²) in [7, 11) is 0. The fraction of sp³-hybridized carbons (Fsp3) is 0.455. The molecular weight excluding hydrogens is 212 g/mol. The van der Waals surface area contributed by atoms with Crippen LogP contribution in [0.15, 0.2) is 22.7 Å². The van der Waals surface area contributed by atoms with Gasteiger partial charge in [-0.1, -0.05) is 35.8 Å². The summed E-state index contributed by atoms with van der Waals surface area (Å²) in [4.78, 5) is 0. The van der Waals surface area contributed by atoms with Crippen molar-refractivity contribution in [3.8, 4) is 0 Å². The van der Waals surface area contributed by atoms with Crippen molar-refractivity contribution in [1.29, 1.82) is 0 Å². The Morgan fingerprint density at radius 3 is 2.83 bits per heavy atom. The molecule has 0 heterocycles. The Hall–Kier alpha value is -0.300. The number of rotatable bonds is 0. The summed E-state index contributed by atoms with van der Waals surface area (Å²) >= 11 is 3.50. The monoisotopic (exact) mass is 224 g/mol. The number of fused-ring (bicyclic) bond motifs is 1. The minimum Gasteiger partial charge on any atom is -0.0571 e. The van der Waals surface area contributed by atoms with Crippen molar-refractivity contribution < 1.29 is 0 Å². The predicted octanol–water partition coefficient (Wildman–Crippen LogP) is 3.67. The highest BCUT2D eigenvalue weighted by Gasteiger charge is 2.29. The standard InChI is InChI=1S/C11H13Br/c1-11(2)6-5-8-7-9(12)3-4-10(8)11/h3-4,7H,5-6H2,1-2H3. The van der Waals surface area contributed by atoms with Crippen LogP contribution >= 0.6 is 15.9 Å². The van der Waals surface area contributed by atoms with Crippen molar-refractivity contribution in [3.05, 3.63) is 33.8 Å². The maximum absolute atomic E-state index is 3.50. The SMILES string of the molecule is CC1(C)CCc2cc(Br)ccc21. The van der Waals surface area contributed by atoms with Crippen molar-refractivity contribution in [2.24, 2.45) is 0 Å². The summed E-state index contributed by atoms with van der Waals surface area (Å²) in [5.41, 5.74) is 3.45. The molecule has 1 aliphatic carbocycles. The Bertz CT molecular complexity index is 313. The molecule has 0 saturated heterocycles. The number of halogens is 1. The predicted molar refractivity (Wildman–Crippen MR) is 55.5 cm³/mol. The zero-order valence-electron chi connectivity index (χ0n) is 7.52. The van der Waals surface area contributed by atoms with E-state index in [1.807, 2.05) is 0 Å². The number of hydrogen-bond acceptors (Lipinski definition) is 0. The minimum absolute atomic E-state index is 0.399. The Morgan fingerprint density at radius 1 is 1.33 bits per heavy atom. The highest BCUT2D eigenvalue weighted by molar-refractivity contribution is 9.10. The molecule has 12 heavy (non-hydrogen) atoms. The summed E-state index contributed by atoms with van der Waals surface area (Å²) in [6.45, 7) is 4.65. The molecule has 0 saturated carbocycles. The summed E-state index contributed by atoms with van der Waals surface area (Å²) in [5, 5.41) is 0. The maximum Gasteiger partial charge on any atom is 0.0178 e. The van der Waals surface area contributed by atoms with Crippen LogP contribution in [-0.4, -0.2) is 0 Å². The van der Waals surface area contributed by atoms with Gasteiger partial charge >= 0.3 is 0 Å². The van der Waals surface area contributed by atoms with Crippen molar-refractivity contribution in [2.75, 3.05) is 0 Å². The molecule has 0 bridgehead atoms. The number of benzene rings is 1. The molecule has 0 unspecified atom stereocenters. The molecule has 0 atom stereocenters. The first-order valence-corrected chi connectivity index (χ1v) is 5.18. The first-order chi connectivity index (χ1) is 5.59. The molecule has 64 valence electrons. The first kappa shape index (κ1) is 8.31. The summed E-state index contributed by atoms with van der Waals surface area (Å²) < 4.78 is 1.21. The molecule has 0 aromatic heterocycles. The van der Waals surface area contributed by atoms with Gasteiger partial charge in [-0.15, -0.1) is 0 Å². The van der Waals surface area contributed by atoms with Crippen molar-refractivity contribution in [2.45, 2.75) is 32.1 Å². The molecule has 0 aliphatic heterocycles. The minimum atomic E-state index is 0.399. The molecule has 1 aromatic rings. The smallest absolute Gasteiger partial charge is 0.0178 e.